The number of furan rings is 1. The van der Waals surface area contributed by atoms with Gasteiger partial charge in [-0.05, 0) is 18.6 Å². The zero-order valence-electron chi connectivity index (χ0n) is 10.6. The summed E-state index contributed by atoms with van der Waals surface area (Å²) in [6.07, 6.45) is 1.22. The van der Waals surface area contributed by atoms with Crippen molar-refractivity contribution in [3.8, 4) is 0 Å². The van der Waals surface area contributed by atoms with Crippen LogP contribution in [-0.2, 0) is 22.6 Å². The van der Waals surface area contributed by atoms with Crippen LogP contribution >= 0.6 is 0 Å². The molecule has 4 nitrogen and oxygen atoms in total. The highest BCUT2D eigenvalue weighted by Gasteiger charge is 2.16. The van der Waals surface area contributed by atoms with E-state index in [2.05, 4.69) is 19.2 Å². The second-order valence-electron chi connectivity index (χ2n) is 4.70. The number of hydrogen-bond donors (Lipinski definition) is 1. The summed E-state index contributed by atoms with van der Waals surface area (Å²) in [5.41, 5.74) is 0. The zero-order chi connectivity index (χ0) is 12.1. The molecule has 1 fully saturated rings. The SMILES string of the molecule is CC(C)NCc1ccc(COC2CCOC2)o1. The second-order valence-corrected chi connectivity index (χ2v) is 4.70. The lowest BCUT2D eigenvalue weighted by molar-refractivity contribution is 0.0230. The smallest absolute Gasteiger partial charge is 0.129 e. The van der Waals surface area contributed by atoms with Crippen molar-refractivity contribution in [2.24, 2.45) is 0 Å². The van der Waals surface area contributed by atoms with E-state index in [4.69, 9.17) is 13.9 Å². The first-order valence-corrected chi connectivity index (χ1v) is 6.24. The molecule has 0 radical (unpaired) electrons. The van der Waals surface area contributed by atoms with Gasteiger partial charge in [-0.25, -0.2) is 0 Å². The Morgan fingerprint density at radius 2 is 2.24 bits per heavy atom. The van der Waals surface area contributed by atoms with Gasteiger partial charge in [0.1, 0.15) is 18.1 Å². The van der Waals surface area contributed by atoms with E-state index in [0.717, 1.165) is 31.1 Å². The van der Waals surface area contributed by atoms with Crippen LogP contribution in [0.3, 0.4) is 0 Å². The molecule has 1 aromatic rings. The van der Waals surface area contributed by atoms with Crippen molar-refractivity contribution < 1.29 is 13.9 Å². The third-order valence-electron chi connectivity index (χ3n) is 2.75. The maximum atomic E-state index is 5.69. The highest BCUT2D eigenvalue weighted by atomic mass is 16.5. The van der Waals surface area contributed by atoms with Gasteiger partial charge in [-0.3, -0.25) is 0 Å². The molecule has 2 rings (SSSR count). The fourth-order valence-electron chi connectivity index (χ4n) is 1.74. The predicted octanol–water partition coefficient (Wildman–Crippen LogP) is 2.08. The molecule has 1 aliphatic heterocycles. The lowest BCUT2D eigenvalue weighted by Gasteiger charge is -2.08. The number of nitrogens with one attached hydrogen (secondary N) is 1. The lowest BCUT2D eigenvalue weighted by atomic mass is 10.3. The first-order chi connectivity index (χ1) is 8.24. The fraction of sp³-hybridized carbons (Fsp3) is 0.692. The topological polar surface area (TPSA) is 43.6 Å². The average Bonchev–Trinajstić information content (AvgIpc) is 2.95. The van der Waals surface area contributed by atoms with Crippen LogP contribution in [0, 0.1) is 0 Å². The fourth-order valence-corrected chi connectivity index (χ4v) is 1.74. The number of ether oxygens (including phenoxy) is 2. The summed E-state index contributed by atoms with van der Waals surface area (Å²) in [6.45, 7) is 7.06. The molecule has 1 N–H and O–H groups in total. The highest BCUT2D eigenvalue weighted by molar-refractivity contribution is 5.06. The van der Waals surface area contributed by atoms with E-state index in [1.807, 2.05) is 12.1 Å². The average molecular weight is 239 g/mol. The van der Waals surface area contributed by atoms with Gasteiger partial charge in [-0.2, -0.15) is 0 Å². The van der Waals surface area contributed by atoms with Crippen molar-refractivity contribution in [2.45, 2.75) is 45.6 Å². The minimum atomic E-state index is 0.234. The zero-order valence-corrected chi connectivity index (χ0v) is 10.6. The molecule has 0 aromatic carbocycles. The van der Waals surface area contributed by atoms with E-state index < -0.39 is 0 Å². The van der Waals surface area contributed by atoms with Gasteiger partial charge in [-0.1, -0.05) is 13.8 Å². The molecular formula is C13H21NO3. The van der Waals surface area contributed by atoms with Gasteiger partial charge in [0.05, 0.1) is 19.3 Å². The highest BCUT2D eigenvalue weighted by Crippen LogP contribution is 2.14. The summed E-state index contributed by atoms with van der Waals surface area (Å²) in [5, 5.41) is 3.32. The third kappa shape index (κ3) is 4.15. The monoisotopic (exact) mass is 239 g/mol. The molecule has 0 spiro atoms. The van der Waals surface area contributed by atoms with E-state index in [1.165, 1.54) is 0 Å². The Hall–Kier alpha value is -0.840. The molecule has 17 heavy (non-hydrogen) atoms. The molecule has 1 aromatic heterocycles. The third-order valence-corrected chi connectivity index (χ3v) is 2.75. The standard InChI is InChI=1S/C13H21NO3/c1-10(2)14-7-11-3-4-13(17-11)9-16-12-5-6-15-8-12/h3-4,10,12,14H,5-9H2,1-2H3. The van der Waals surface area contributed by atoms with Gasteiger partial charge in [0.2, 0.25) is 0 Å². The largest absolute Gasteiger partial charge is 0.462 e. The Morgan fingerprint density at radius 1 is 1.41 bits per heavy atom. The van der Waals surface area contributed by atoms with Crippen LogP contribution in [0.1, 0.15) is 31.8 Å². The molecule has 4 heteroatoms. The van der Waals surface area contributed by atoms with Crippen molar-refractivity contribution in [2.75, 3.05) is 13.2 Å². The molecule has 1 saturated heterocycles. The summed E-state index contributed by atoms with van der Waals surface area (Å²) in [6, 6.07) is 4.45. The Balaban J connectivity index is 1.73. The summed E-state index contributed by atoms with van der Waals surface area (Å²) < 4.78 is 16.6. The van der Waals surface area contributed by atoms with Crippen LogP contribution in [0.4, 0.5) is 0 Å². The maximum Gasteiger partial charge on any atom is 0.129 e. The van der Waals surface area contributed by atoms with Crippen LogP contribution in [-0.4, -0.2) is 25.4 Å². The first kappa shape index (κ1) is 12.6. The Labute approximate surface area is 102 Å². The molecule has 2 heterocycles. The first-order valence-electron chi connectivity index (χ1n) is 6.24. The van der Waals surface area contributed by atoms with Crippen LogP contribution in [0.2, 0.25) is 0 Å². The van der Waals surface area contributed by atoms with Crippen molar-refractivity contribution in [3.63, 3.8) is 0 Å². The maximum absolute atomic E-state index is 5.69. The number of rotatable bonds is 6. The van der Waals surface area contributed by atoms with Gasteiger partial charge in [0, 0.05) is 12.6 Å². The van der Waals surface area contributed by atoms with E-state index in [0.29, 0.717) is 19.3 Å². The van der Waals surface area contributed by atoms with Gasteiger partial charge in [0.15, 0.2) is 0 Å². The molecule has 96 valence electrons. The predicted molar refractivity (Wildman–Crippen MR) is 64.7 cm³/mol. The van der Waals surface area contributed by atoms with Crippen molar-refractivity contribution >= 4 is 0 Å². The normalized spacial score (nSPS) is 20.3. The van der Waals surface area contributed by atoms with E-state index in [1.54, 1.807) is 0 Å². The molecule has 0 bridgehead atoms. The minimum Gasteiger partial charge on any atom is -0.462 e. The summed E-state index contributed by atoms with van der Waals surface area (Å²) >= 11 is 0. The molecule has 1 atom stereocenters. The van der Waals surface area contributed by atoms with Gasteiger partial charge >= 0.3 is 0 Å². The van der Waals surface area contributed by atoms with Crippen molar-refractivity contribution in [3.05, 3.63) is 23.7 Å². The second kappa shape index (κ2) is 6.19. The van der Waals surface area contributed by atoms with Crippen LogP contribution in [0.15, 0.2) is 16.5 Å². The summed E-state index contributed by atoms with van der Waals surface area (Å²) in [4.78, 5) is 0. The number of hydrogen-bond acceptors (Lipinski definition) is 4. The molecule has 1 aliphatic rings. The van der Waals surface area contributed by atoms with Gasteiger partial charge < -0.3 is 19.2 Å². The quantitative estimate of drug-likeness (QED) is 0.825. The summed E-state index contributed by atoms with van der Waals surface area (Å²) in [7, 11) is 0. The molecule has 0 aliphatic carbocycles. The van der Waals surface area contributed by atoms with Crippen LogP contribution in [0.25, 0.3) is 0 Å². The van der Waals surface area contributed by atoms with Crippen molar-refractivity contribution in [1.82, 2.24) is 5.32 Å². The van der Waals surface area contributed by atoms with E-state index in [-0.39, 0.29) is 6.10 Å². The lowest BCUT2D eigenvalue weighted by Crippen LogP contribution is -2.21. The molecule has 0 amide bonds. The van der Waals surface area contributed by atoms with Gasteiger partial charge in [-0.15, -0.1) is 0 Å². The Bertz CT molecular complexity index is 329. The Morgan fingerprint density at radius 3 is 2.94 bits per heavy atom. The summed E-state index contributed by atoms with van der Waals surface area (Å²) in [5.74, 6) is 1.84. The molecular weight excluding hydrogens is 218 g/mol. The van der Waals surface area contributed by atoms with Crippen LogP contribution < -0.4 is 5.32 Å². The minimum absolute atomic E-state index is 0.234. The molecule has 1 unspecified atom stereocenters. The van der Waals surface area contributed by atoms with Crippen LogP contribution in [0.5, 0.6) is 0 Å². The Kier molecular flexibility index (Phi) is 4.59. The molecule has 0 saturated carbocycles. The van der Waals surface area contributed by atoms with E-state index in [9.17, 15) is 0 Å². The van der Waals surface area contributed by atoms with Gasteiger partial charge in [0.25, 0.3) is 0 Å². The van der Waals surface area contributed by atoms with E-state index >= 15 is 0 Å². The van der Waals surface area contributed by atoms with Crippen molar-refractivity contribution in [1.29, 1.82) is 0 Å².